The van der Waals surface area contributed by atoms with Crippen molar-refractivity contribution in [1.82, 2.24) is 4.98 Å². The zero-order valence-electron chi connectivity index (χ0n) is 10.3. The molecular formula is C12H11ClN2O3S. The summed E-state index contributed by atoms with van der Waals surface area (Å²) < 4.78 is 5.46. The lowest BCUT2D eigenvalue weighted by atomic mass is 10.3. The van der Waals surface area contributed by atoms with Gasteiger partial charge in [-0.25, -0.2) is 4.98 Å². The Morgan fingerprint density at radius 1 is 1.47 bits per heavy atom. The van der Waals surface area contributed by atoms with E-state index < -0.39 is 4.92 Å². The van der Waals surface area contributed by atoms with Crippen LogP contribution < -0.4 is 4.74 Å². The summed E-state index contributed by atoms with van der Waals surface area (Å²) in [5.41, 5.74) is 0.846. The van der Waals surface area contributed by atoms with Crippen molar-refractivity contribution < 1.29 is 9.66 Å². The molecule has 0 aliphatic carbocycles. The van der Waals surface area contributed by atoms with Gasteiger partial charge in [-0.15, -0.1) is 11.3 Å². The minimum absolute atomic E-state index is 0.102. The average Bonchev–Trinajstić information content (AvgIpc) is 2.66. The Kier molecular flexibility index (Phi) is 4.01. The number of thiazole rings is 1. The van der Waals surface area contributed by atoms with Crippen molar-refractivity contribution in [3.8, 4) is 5.75 Å². The number of ether oxygens (including phenoxy) is 1. The van der Waals surface area contributed by atoms with E-state index in [1.807, 2.05) is 13.8 Å². The first-order chi connectivity index (χ1) is 8.97. The molecular weight excluding hydrogens is 288 g/mol. The molecule has 2 rings (SSSR count). The molecule has 100 valence electrons. The molecule has 0 saturated heterocycles. The number of hydrogen-bond donors (Lipinski definition) is 0. The van der Waals surface area contributed by atoms with Gasteiger partial charge in [-0.3, -0.25) is 10.1 Å². The van der Waals surface area contributed by atoms with E-state index in [1.165, 1.54) is 29.5 Å². The quantitative estimate of drug-likeness (QED) is 0.634. The molecule has 0 unspecified atom stereocenters. The lowest BCUT2D eigenvalue weighted by Gasteiger charge is -2.05. The molecule has 0 bridgehead atoms. The van der Waals surface area contributed by atoms with E-state index in [-0.39, 0.29) is 18.0 Å². The molecule has 0 radical (unpaired) electrons. The van der Waals surface area contributed by atoms with E-state index >= 15 is 0 Å². The molecule has 19 heavy (non-hydrogen) atoms. The second kappa shape index (κ2) is 5.54. The molecule has 0 aliphatic rings. The molecule has 2 aromatic rings. The van der Waals surface area contributed by atoms with Crippen molar-refractivity contribution in [2.45, 2.75) is 20.5 Å². The van der Waals surface area contributed by atoms with E-state index in [4.69, 9.17) is 16.3 Å². The van der Waals surface area contributed by atoms with Crippen molar-refractivity contribution in [3.63, 3.8) is 0 Å². The summed E-state index contributed by atoms with van der Waals surface area (Å²) in [4.78, 5) is 15.8. The van der Waals surface area contributed by atoms with E-state index in [9.17, 15) is 10.1 Å². The minimum atomic E-state index is -0.496. The fourth-order valence-corrected chi connectivity index (χ4v) is 2.50. The highest BCUT2D eigenvalue weighted by molar-refractivity contribution is 7.11. The number of nitro benzene ring substituents is 1. The number of benzene rings is 1. The molecule has 1 heterocycles. The third kappa shape index (κ3) is 3.21. The number of hydrogen-bond acceptors (Lipinski definition) is 5. The second-order valence-electron chi connectivity index (χ2n) is 3.91. The number of aromatic nitrogens is 1. The molecule has 0 N–H and O–H groups in total. The van der Waals surface area contributed by atoms with Crippen LogP contribution in [0, 0.1) is 24.0 Å². The highest BCUT2D eigenvalue weighted by Crippen LogP contribution is 2.31. The summed E-state index contributed by atoms with van der Waals surface area (Å²) >= 11 is 7.33. The van der Waals surface area contributed by atoms with E-state index in [0.29, 0.717) is 5.02 Å². The molecule has 5 nitrogen and oxygen atoms in total. The summed E-state index contributed by atoms with van der Waals surface area (Å²) in [6, 6.07) is 4.23. The number of nitro groups is 1. The van der Waals surface area contributed by atoms with Crippen LogP contribution in [0.2, 0.25) is 5.02 Å². The van der Waals surface area contributed by atoms with Gasteiger partial charge in [0.25, 0.3) is 0 Å². The molecule has 7 heteroatoms. The van der Waals surface area contributed by atoms with Crippen molar-refractivity contribution in [2.24, 2.45) is 0 Å². The molecule has 0 spiro atoms. The number of nitrogens with zero attached hydrogens (tertiary/aromatic N) is 2. The van der Waals surface area contributed by atoms with Crippen LogP contribution in [0.1, 0.15) is 15.6 Å². The Balaban J connectivity index is 2.19. The molecule has 1 aromatic carbocycles. The van der Waals surface area contributed by atoms with E-state index in [0.717, 1.165) is 15.6 Å². The van der Waals surface area contributed by atoms with E-state index in [2.05, 4.69) is 4.98 Å². The van der Waals surface area contributed by atoms with Crippen LogP contribution in [0.25, 0.3) is 0 Å². The Morgan fingerprint density at radius 2 is 2.21 bits per heavy atom. The minimum Gasteiger partial charge on any atom is -0.479 e. The van der Waals surface area contributed by atoms with Crippen molar-refractivity contribution >= 4 is 28.6 Å². The largest absolute Gasteiger partial charge is 0.479 e. The smallest absolute Gasteiger partial charge is 0.311 e. The van der Waals surface area contributed by atoms with Crippen LogP contribution >= 0.6 is 22.9 Å². The van der Waals surface area contributed by atoms with Crippen LogP contribution in [-0.4, -0.2) is 9.91 Å². The lowest BCUT2D eigenvalue weighted by molar-refractivity contribution is -0.385. The van der Waals surface area contributed by atoms with E-state index in [1.54, 1.807) is 0 Å². The Labute approximate surface area is 119 Å². The summed E-state index contributed by atoms with van der Waals surface area (Å²) in [6.45, 7) is 4.08. The summed E-state index contributed by atoms with van der Waals surface area (Å²) in [5.74, 6) is 0.156. The van der Waals surface area contributed by atoms with Crippen LogP contribution in [0.5, 0.6) is 5.75 Å². The third-order valence-electron chi connectivity index (χ3n) is 2.54. The topological polar surface area (TPSA) is 65.3 Å². The zero-order valence-corrected chi connectivity index (χ0v) is 11.9. The number of halogens is 1. The Bertz CT molecular complexity index is 608. The first-order valence-electron chi connectivity index (χ1n) is 5.47. The van der Waals surface area contributed by atoms with Gasteiger partial charge in [0.2, 0.25) is 0 Å². The molecule has 0 aliphatic heterocycles. The van der Waals surface area contributed by atoms with Gasteiger partial charge in [0.15, 0.2) is 5.75 Å². The maximum Gasteiger partial charge on any atom is 0.311 e. The predicted octanol–water partition coefficient (Wildman–Crippen LogP) is 3.90. The summed E-state index contributed by atoms with van der Waals surface area (Å²) in [7, 11) is 0. The van der Waals surface area contributed by atoms with Crippen molar-refractivity contribution in [2.75, 3.05) is 0 Å². The normalized spacial score (nSPS) is 10.5. The fraction of sp³-hybridized carbons (Fsp3) is 0.250. The van der Waals surface area contributed by atoms with Gasteiger partial charge in [-0.2, -0.15) is 0 Å². The van der Waals surface area contributed by atoms with Crippen LogP contribution in [0.15, 0.2) is 18.2 Å². The van der Waals surface area contributed by atoms with Crippen LogP contribution in [-0.2, 0) is 6.61 Å². The second-order valence-corrected chi connectivity index (χ2v) is 5.63. The van der Waals surface area contributed by atoms with Gasteiger partial charge in [0, 0.05) is 22.0 Å². The van der Waals surface area contributed by atoms with Crippen LogP contribution in [0.3, 0.4) is 0 Å². The average molecular weight is 299 g/mol. The number of rotatable bonds is 4. The fourth-order valence-electron chi connectivity index (χ4n) is 1.49. The van der Waals surface area contributed by atoms with Gasteiger partial charge < -0.3 is 4.74 Å². The molecule has 1 aromatic heterocycles. The first kappa shape index (κ1) is 13.8. The summed E-state index contributed by atoms with van der Waals surface area (Å²) in [5, 5.41) is 12.0. The molecule has 0 saturated carbocycles. The SMILES string of the molecule is Cc1nc(COc2cc(Cl)ccc2[N+](=O)[O-])sc1C. The molecule has 0 fully saturated rings. The zero-order chi connectivity index (χ0) is 14.0. The monoisotopic (exact) mass is 298 g/mol. The lowest BCUT2D eigenvalue weighted by Crippen LogP contribution is -1.99. The molecule has 0 atom stereocenters. The highest BCUT2D eigenvalue weighted by atomic mass is 35.5. The van der Waals surface area contributed by atoms with Gasteiger partial charge in [0.1, 0.15) is 11.6 Å². The molecule has 0 amide bonds. The van der Waals surface area contributed by atoms with Crippen molar-refractivity contribution in [3.05, 3.63) is 48.9 Å². The standard InChI is InChI=1S/C12H11ClN2O3S/c1-7-8(2)19-12(14-7)6-18-11-5-9(13)3-4-10(11)15(16)17/h3-5H,6H2,1-2H3. The number of aryl methyl sites for hydroxylation is 2. The highest BCUT2D eigenvalue weighted by Gasteiger charge is 2.16. The first-order valence-corrected chi connectivity index (χ1v) is 6.66. The third-order valence-corrected chi connectivity index (χ3v) is 3.82. The van der Waals surface area contributed by atoms with Gasteiger partial charge in [0.05, 0.1) is 10.6 Å². The maximum atomic E-state index is 10.9. The van der Waals surface area contributed by atoms with Gasteiger partial charge >= 0.3 is 5.69 Å². The van der Waals surface area contributed by atoms with Crippen LogP contribution in [0.4, 0.5) is 5.69 Å². The summed E-state index contributed by atoms with van der Waals surface area (Å²) in [6.07, 6.45) is 0. The Hall–Kier alpha value is -1.66. The van der Waals surface area contributed by atoms with Gasteiger partial charge in [-0.1, -0.05) is 11.6 Å². The Morgan fingerprint density at radius 3 is 2.79 bits per heavy atom. The maximum absolute atomic E-state index is 10.9. The van der Waals surface area contributed by atoms with Gasteiger partial charge in [-0.05, 0) is 19.9 Å². The predicted molar refractivity (Wildman–Crippen MR) is 74.0 cm³/mol. The van der Waals surface area contributed by atoms with Crippen molar-refractivity contribution in [1.29, 1.82) is 0 Å².